The molecule has 13 heavy (non-hydrogen) atoms. The molecule has 0 aliphatic rings. The summed E-state index contributed by atoms with van der Waals surface area (Å²) in [6.45, 7) is 4.21. The van der Waals surface area contributed by atoms with Crippen molar-refractivity contribution in [3.63, 3.8) is 0 Å². The fraction of sp³-hybridized carbons (Fsp3) is 0.231. The number of hydrogen-bond acceptors (Lipinski definition) is 0. The Morgan fingerprint density at radius 1 is 1.38 bits per heavy atom. The monoisotopic (exact) mass is 170 g/mol. The molecule has 0 bridgehead atoms. The molecule has 0 atom stereocenters. The van der Waals surface area contributed by atoms with E-state index < -0.39 is 0 Å². The maximum absolute atomic E-state index is 5.15. The van der Waals surface area contributed by atoms with Gasteiger partial charge >= 0.3 is 0 Å². The van der Waals surface area contributed by atoms with Crippen LogP contribution in [-0.4, -0.2) is 0 Å². The SMILES string of the molecule is C#CC/C=C\c1ccc(C)cc1C. The second-order valence-corrected chi connectivity index (χ2v) is 3.17. The van der Waals surface area contributed by atoms with Gasteiger partial charge in [0.05, 0.1) is 0 Å². The maximum atomic E-state index is 5.15. The lowest BCUT2D eigenvalue weighted by Gasteiger charge is -2.00. The summed E-state index contributed by atoms with van der Waals surface area (Å²) < 4.78 is 0. The third-order valence-corrected chi connectivity index (χ3v) is 1.96. The van der Waals surface area contributed by atoms with Gasteiger partial charge in [-0.25, -0.2) is 0 Å². The predicted octanol–water partition coefficient (Wildman–Crippen LogP) is 3.34. The van der Waals surface area contributed by atoms with Crippen LogP contribution in [0.1, 0.15) is 23.1 Å². The van der Waals surface area contributed by atoms with Crippen molar-refractivity contribution in [2.45, 2.75) is 20.3 Å². The van der Waals surface area contributed by atoms with Crippen LogP contribution >= 0.6 is 0 Å². The van der Waals surface area contributed by atoms with E-state index in [1.807, 2.05) is 6.08 Å². The molecule has 0 N–H and O–H groups in total. The third kappa shape index (κ3) is 2.80. The van der Waals surface area contributed by atoms with Gasteiger partial charge in [-0.05, 0) is 25.0 Å². The normalized spacial score (nSPS) is 10.2. The van der Waals surface area contributed by atoms with Gasteiger partial charge in [0.1, 0.15) is 0 Å². The summed E-state index contributed by atoms with van der Waals surface area (Å²) in [5.41, 5.74) is 3.85. The zero-order chi connectivity index (χ0) is 9.68. The van der Waals surface area contributed by atoms with Crippen LogP contribution in [0, 0.1) is 26.2 Å². The Labute approximate surface area is 80.3 Å². The molecule has 0 aromatic heterocycles. The Morgan fingerprint density at radius 3 is 2.77 bits per heavy atom. The molecule has 0 unspecified atom stereocenters. The summed E-state index contributed by atoms with van der Waals surface area (Å²) in [4.78, 5) is 0. The number of allylic oxidation sites excluding steroid dienone is 1. The zero-order valence-electron chi connectivity index (χ0n) is 8.17. The minimum atomic E-state index is 0.702. The highest BCUT2D eigenvalue weighted by Crippen LogP contribution is 2.12. The summed E-state index contributed by atoms with van der Waals surface area (Å²) in [6, 6.07) is 6.41. The van der Waals surface area contributed by atoms with Gasteiger partial charge in [-0.3, -0.25) is 0 Å². The molecule has 66 valence electrons. The Balaban J connectivity index is 2.85. The van der Waals surface area contributed by atoms with E-state index in [9.17, 15) is 0 Å². The molecule has 0 nitrogen and oxygen atoms in total. The number of aryl methyl sites for hydroxylation is 2. The van der Waals surface area contributed by atoms with Gasteiger partial charge in [-0.15, -0.1) is 12.3 Å². The first-order valence-electron chi connectivity index (χ1n) is 4.41. The van der Waals surface area contributed by atoms with E-state index in [1.54, 1.807) is 0 Å². The lowest BCUT2D eigenvalue weighted by atomic mass is 10.1. The fourth-order valence-electron chi connectivity index (χ4n) is 1.27. The first kappa shape index (κ1) is 9.61. The van der Waals surface area contributed by atoms with E-state index in [4.69, 9.17) is 6.42 Å². The number of hydrogen-bond donors (Lipinski definition) is 0. The van der Waals surface area contributed by atoms with Crippen LogP contribution in [0.5, 0.6) is 0 Å². The van der Waals surface area contributed by atoms with Crippen LogP contribution in [0.2, 0.25) is 0 Å². The maximum Gasteiger partial charge on any atom is 0.0270 e. The molecule has 0 spiro atoms. The van der Waals surface area contributed by atoms with Crippen molar-refractivity contribution in [2.24, 2.45) is 0 Å². The molecule has 0 saturated carbocycles. The van der Waals surface area contributed by atoms with E-state index in [2.05, 4.69) is 44.0 Å². The molecule has 1 aromatic rings. The Kier molecular flexibility index (Phi) is 3.34. The molecule has 1 aromatic carbocycles. The fourth-order valence-corrected chi connectivity index (χ4v) is 1.27. The van der Waals surface area contributed by atoms with Gasteiger partial charge in [-0.2, -0.15) is 0 Å². The first-order valence-corrected chi connectivity index (χ1v) is 4.41. The largest absolute Gasteiger partial charge is 0.120 e. The van der Waals surface area contributed by atoms with E-state index in [0.717, 1.165) is 0 Å². The minimum Gasteiger partial charge on any atom is -0.120 e. The second kappa shape index (κ2) is 4.52. The smallest absolute Gasteiger partial charge is 0.0270 e. The number of terminal acetylenes is 1. The lowest BCUT2D eigenvalue weighted by molar-refractivity contribution is 1.36. The topological polar surface area (TPSA) is 0 Å². The van der Waals surface area contributed by atoms with Crippen LogP contribution < -0.4 is 0 Å². The van der Waals surface area contributed by atoms with Crippen molar-refractivity contribution in [2.75, 3.05) is 0 Å². The lowest BCUT2D eigenvalue weighted by Crippen LogP contribution is -1.81. The van der Waals surface area contributed by atoms with Crippen molar-refractivity contribution in [1.29, 1.82) is 0 Å². The average molecular weight is 170 g/mol. The van der Waals surface area contributed by atoms with Crippen molar-refractivity contribution >= 4 is 6.08 Å². The summed E-state index contributed by atoms with van der Waals surface area (Å²) in [6.07, 6.45) is 9.94. The molecule has 0 heteroatoms. The van der Waals surface area contributed by atoms with Gasteiger partial charge < -0.3 is 0 Å². The van der Waals surface area contributed by atoms with Crippen LogP contribution in [0.3, 0.4) is 0 Å². The van der Waals surface area contributed by atoms with Crippen molar-refractivity contribution in [3.05, 3.63) is 41.0 Å². The molecule has 0 aliphatic heterocycles. The minimum absolute atomic E-state index is 0.702. The number of benzene rings is 1. The Hall–Kier alpha value is -1.48. The zero-order valence-corrected chi connectivity index (χ0v) is 8.17. The predicted molar refractivity (Wildman–Crippen MR) is 58.4 cm³/mol. The second-order valence-electron chi connectivity index (χ2n) is 3.17. The highest BCUT2D eigenvalue weighted by Gasteiger charge is 1.92. The molecule has 0 amide bonds. The summed E-state index contributed by atoms with van der Waals surface area (Å²) in [5.74, 6) is 2.58. The molecular weight excluding hydrogens is 156 g/mol. The Morgan fingerprint density at radius 2 is 2.15 bits per heavy atom. The third-order valence-electron chi connectivity index (χ3n) is 1.96. The molecule has 0 fully saturated rings. The highest BCUT2D eigenvalue weighted by atomic mass is 14.0. The Bertz CT molecular complexity index is 351. The van der Waals surface area contributed by atoms with Gasteiger partial charge in [0, 0.05) is 6.42 Å². The molecule has 0 heterocycles. The average Bonchev–Trinajstić information content (AvgIpc) is 2.09. The van der Waals surface area contributed by atoms with E-state index in [-0.39, 0.29) is 0 Å². The quantitative estimate of drug-likeness (QED) is 0.597. The van der Waals surface area contributed by atoms with Crippen molar-refractivity contribution < 1.29 is 0 Å². The van der Waals surface area contributed by atoms with E-state index >= 15 is 0 Å². The highest BCUT2D eigenvalue weighted by molar-refractivity contribution is 5.54. The summed E-state index contributed by atoms with van der Waals surface area (Å²) >= 11 is 0. The molecular formula is C13H14. The van der Waals surface area contributed by atoms with Gasteiger partial charge in [-0.1, -0.05) is 35.9 Å². The van der Waals surface area contributed by atoms with Gasteiger partial charge in [0.25, 0.3) is 0 Å². The van der Waals surface area contributed by atoms with Crippen molar-refractivity contribution in [1.82, 2.24) is 0 Å². The van der Waals surface area contributed by atoms with E-state index in [0.29, 0.717) is 6.42 Å². The van der Waals surface area contributed by atoms with Crippen LogP contribution in [0.4, 0.5) is 0 Å². The van der Waals surface area contributed by atoms with Gasteiger partial charge in [0.15, 0.2) is 0 Å². The standard InChI is InChI=1S/C13H14/c1-4-5-6-7-13-9-8-11(2)10-12(13)3/h1,6-10H,5H2,2-3H3/b7-6-. The molecule has 0 saturated heterocycles. The summed E-state index contributed by atoms with van der Waals surface area (Å²) in [7, 11) is 0. The molecule has 0 aliphatic carbocycles. The van der Waals surface area contributed by atoms with Crippen LogP contribution in [0.25, 0.3) is 6.08 Å². The van der Waals surface area contributed by atoms with Crippen LogP contribution in [0.15, 0.2) is 24.3 Å². The first-order chi connectivity index (χ1) is 6.24. The van der Waals surface area contributed by atoms with Gasteiger partial charge in [0.2, 0.25) is 0 Å². The molecule has 0 radical (unpaired) electrons. The van der Waals surface area contributed by atoms with E-state index in [1.165, 1.54) is 16.7 Å². The van der Waals surface area contributed by atoms with Crippen molar-refractivity contribution in [3.8, 4) is 12.3 Å². The number of rotatable bonds is 2. The van der Waals surface area contributed by atoms with Crippen LogP contribution in [-0.2, 0) is 0 Å². The summed E-state index contributed by atoms with van der Waals surface area (Å²) in [5, 5.41) is 0. The molecule has 1 rings (SSSR count).